The minimum atomic E-state index is -4.45. The number of aliphatic hydroxyl groups excluding tert-OH is 1. The number of carbonyl (C=O) groups excluding carboxylic acids is 1. The lowest BCUT2D eigenvalue weighted by atomic mass is 10.1. The number of nitrogens with zero attached hydrogens (tertiary/aromatic N) is 13. The highest BCUT2D eigenvalue weighted by Gasteiger charge is 2.59. The zero-order chi connectivity index (χ0) is 106. The molecule has 4 saturated heterocycles. The fourth-order valence-electron chi connectivity index (χ4n) is 20.0. The molecule has 0 bridgehead atoms. The summed E-state index contributed by atoms with van der Waals surface area (Å²) in [7, 11) is -3.43. The highest BCUT2D eigenvalue weighted by molar-refractivity contribution is 7.88. The Hall–Kier alpha value is -10.5. The minimum absolute atomic E-state index is 0.0648. The van der Waals surface area contributed by atoms with E-state index in [0.29, 0.717) is 114 Å². The smallest absolute Gasteiger partial charge is 0.396 e. The van der Waals surface area contributed by atoms with Crippen molar-refractivity contribution in [2.45, 2.75) is 243 Å². The molecule has 4 aromatic carbocycles. The van der Waals surface area contributed by atoms with E-state index in [9.17, 15) is 71.0 Å². The summed E-state index contributed by atoms with van der Waals surface area (Å²) in [6.45, 7) is 22.4. The first kappa shape index (κ1) is 109. The maximum Gasteiger partial charge on any atom is 0.405 e. The molecule has 8 fully saturated rings. The van der Waals surface area contributed by atoms with E-state index < -0.39 is 108 Å². The molecule has 16 atom stereocenters. The first-order valence-electron chi connectivity index (χ1n) is 48.1. The fourth-order valence-corrected chi connectivity index (χ4v) is 25.2. The Morgan fingerprint density at radius 3 is 0.926 bits per heavy atom. The number of halogens is 12. The largest absolute Gasteiger partial charge is 0.405 e. The van der Waals surface area contributed by atoms with Gasteiger partial charge in [-0.2, -0.15) is 72.6 Å². The number of fused-ring (bicyclic) bond motifs is 8. The van der Waals surface area contributed by atoms with Crippen LogP contribution in [0.2, 0.25) is 0 Å². The van der Waals surface area contributed by atoms with Gasteiger partial charge in [0, 0.05) is 49.9 Å². The molecule has 12 heterocycles. The van der Waals surface area contributed by atoms with Gasteiger partial charge in [0.15, 0.2) is 23.1 Å². The molecule has 20 rings (SSSR count). The van der Waals surface area contributed by atoms with Crippen molar-refractivity contribution in [3.8, 4) is 42.3 Å². The first-order chi connectivity index (χ1) is 69.7. The van der Waals surface area contributed by atoms with E-state index in [2.05, 4.69) is 94.6 Å². The van der Waals surface area contributed by atoms with Crippen LogP contribution in [0.15, 0.2) is 97.1 Å². The number of aldehydes is 1. The molecule has 0 radical (unpaired) electrons. The Kier molecular flexibility index (Phi) is 31.6. The van der Waals surface area contributed by atoms with Crippen molar-refractivity contribution in [3.63, 3.8) is 0 Å². The molecule has 0 spiro atoms. The molecule has 8 aromatic heterocycles. The highest BCUT2D eigenvalue weighted by atomic mass is 32.2. The van der Waals surface area contributed by atoms with E-state index in [-0.39, 0.29) is 109 Å². The van der Waals surface area contributed by atoms with Gasteiger partial charge in [0.2, 0.25) is 33.8 Å². The Bertz CT molecular complexity index is 6770. The van der Waals surface area contributed by atoms with Gasteiger partial charge in [-0.05, 0) is 164 Å². The lowest BCUT2D eigenvalue weighted by Gasteiger charge is -2.27. The summed E-state index contributed by atoms with van der Waals surface area (Å²) in [6, 6.07) is 29.5. The summed E-state index contributed by atoms with van der Waals surface area (Å²) in [5.74, 6) is -2.91. The van der Waals surface area contributed by atoms with E-state index in [0.717, 1.165) is 66.7 Å². The van der Waals surface area contributed by atoms with Gasteiger partial charge < -0.3 is 95.6 Å². The number of aliphatic hydroxyl groups is 1. The van der Waals surface area contributed by atoms with Crippen molar-refractivity contribution in [2.24, 2.45) is 23.7 Å². The molecule has 10 N–H and O–H groups in total. The molecule has 8 aliphatic rings. The molecular weight excluding hydrogens is 2050 g/mol. The number of hydrogen-bond acceptors (Lipinski definition) is 37. The van der Waals surface area contributed by atoms with Gasteiger partial charge in [-0.15, -0.1) is 45.3 Å². The predicted octanol–water partition coefficient (Wildman–Crippen LogP) is 18.5. The van der Waals surface area contributed by atoms with Gasteiger partial charge in [0.05, 0.1) is 141 Å². The van der Waals surface area contributed by atoms with Crippen molar-refractivity contribution in [2.75, 3.05) is 108 Å². The first-order valence-corrected chi connectivity index (χ1v) is 53.2. The number of aromatic nitrogens is 12. The minimum Gasteiger partial charge on any atom is -0.396 e. The van der Waals surface area contributed by atoms with Crippen LogP contribution in [0.4, 0.5) is 99.7 Å². The van der Waals surface area contributed by atoms with E-state index in [4.69, 9.17) is 57.8 Å². The standard InChI is InChI=1S/C26H33F3N6O4S2.C25H31F3N6O2S.C23H26F3N5O3S.C23H24F3N5O3S/c1-6-35(41(5,36)37)12-15-11-17(21-20(15)38-25(3,4)39-21)32-22-19(23-33-16-9-7-8-10-18(16)40-23)14(2)31-24(34-22)30-13-26(27,28)29;1-5-29-11-14-10-16(20-19(14)35-24(3,4)36-20)32-21-18(22-33-15-8-6-7-9-17(15)37-22)13(2)31-23(34-21)30-12-25(26,27)28;2*1-11-16(20-30-13-6-4-5-7-15(13)35-20)19(31-21(28-11)27-10-23(24,25)26)29-14-8-12(9-32)17-18(14)34-22(2,3)33-17/h7-10,15,17,20-21H,6,11-13H2,1-5H3,(H2,30,31,32,34);6-9,14,16,19-20,29H,5,10-12H2,1-4H3,(H2,30,31,32,34);4-7,12,14,17-18,32H,8-10H2,1-3H3,(H2,27,28,29,31);4-7,9,12,14,17-18H,8,10H2,1-3H3,(H2,27,28,29,31)/t15?,17-,20-,21+;14?,16-,19-,20+;2*12-,14-,17-,18+/m1111/s1. The summed E-state index contributed by atoms with van der Waals surface area (Å²) >= 11 is 5.82. The second-order valence-electron chi connectivity index (χ2n) is 39.2. The van der Waals surface area contributed by atoms with Gasteiger partial charge in [0.1, 0.15) is 100 Å². The molecule has 798 valence electrons. The number of benzene rings is 4. The van der Waals surface area contributed by atoms with Crippen LogP contribution in [0.3, 0.4) is 0 Å². The summed E-state index contributed by atoms with van der Waals surface area (Å²) in [4.78, 5) is 65.7. The SMILES string of the molecule is CCN(CC1C[C@@H](Nc2nc(NCC(F)(F)F)nc(C)c2-c2nc3ccccc3s2)[C@@H]2OC(C)(C)O[C@H]12)S(C)(=O)=O.CCNCC1C[C@@H](Nc2nc(NCC(F)(F)F)nc(C)c2-c2nc3ccccc3s2)[C@@H]2OC(C)(C)O[C@H]12.Cc1nc(NCC(F)(F)F)nc(N[C@@H]2C[C@H](C=O)[C@H]3OC(C)(C)O[C@H]32)c1-c1nc2ccccc2s1.Cc1nc(NCC(F)(F)F)nc(N[C@@H]2C[C@H](CO)[C@H]3OC(C)(C)O[C@H]32)c1-c1nc2ccccc2s1. The second kappa shape index (κ2) is 43.0. The van der Waals surface area contributed by atoms with Gasteiger partial charge >= 0.3 is 24.7 Å². The average molecular weight is 2170 g/mol. The third-order valence-electron chi connectivity index (χ3n) is 26.0. The number of rotatable bonds is 29. The molecule has 4 saturated carbocycles. The average Bonchev–Trinajstić information content (AvgIpc) is 1.61. The lowest BCUT2D eigenvalue weighted by Crippen LogP contribution is -2.38. The van der Waals surface area contributed by atoms with E-state index in [1.54, 1.807) is 62.3 Å². The number of ether oxygens (including phenoxy) is 8. The molecule has 148 heavy (non-hydrogen) atoms. The van der Waals surface area contributed by atoms with Gasteiger partial charge in [-0.3, -0.25) is 0 Å². The second-order valence-corrected chi connectivity index (χ2v) is 45.3. The molecule has 51 heteroatoms. The topological polar surface area (TPSA) is 411 Å². The van der Waals surface area contributed by atoms with Gasteiger partial charge in [-0.1, -0.05) is 62.4 Å². The molecule has 4 aliphatic heterocycles. The number of nitrogens with one attached hydrogen (secondary N) is 9. The number of carbonyl (C=O) groups is 1. The number of aryl methyl sites for hydroxylation is 4. The number of para-hydroxylation sites is 4. The number of thiazole rings is 4. The predicted molar refractivity (Wildman–Crippen MR) is 541 cm³/mol. The number of sulfonamides is 1. The highest BCUT2D eigenvalue weighted by Crippen LogP contribution is 2.52. The summed E-state index contributed by atoms with van der Waals surface area (Å²) in [5.41, 5.74) is 7.64. The van der Waals surface area contributed by atoms with Crippen molar-refractivity contribution in [1.29, 1.82) is 0 Å². The van der Waals surface area contributed by atoms with Crippen LogP contribution in [0.1, 0.15) is 118 Å². The lowest BCUT2D eigenvalue weighted by molar-refractivity contribution is -0.159. The van der Waals surface area contributed by atoms with Crippen LogP contribution in [0, 0.1) is 51.4 Å². The van der Waals surface area contributed by atoms with Crippen LogP contribution in [-0.2, 0) is 52.7 Å². The zero-order valence-corrected chi connectivity index (χ0v) is 87.2. The summed E-state index contributed by atoms with van der Waals surface area (Å²) < 4.78 is 234. The molecule has 0 amide bonds. The number of anilines is 8. The fraction of sp³-hybridized carbons (Fsp3) is 0.536. The molecular formula is C97H114F12N22O12S5. The van der Waals surface area contributed by atoms with Crippen molar-refractivity contribution >= 4 is 150 Å². The quantitative estimate of drug-likeness (QED) is 0.0154. The summed E-state index contributed by atoms with van der Waals surface area (Å²) in [6.07, 6.45) is -16.1. The number of alkyl halides is 12. The van der Waals surface area contributed by atoms with Crippen molar-refractivity contribution < 1.29 is 109 Å². The maximum absolute atomic E-state index is 13.0. The Balaban J connectivity index is 0.000000135. The van der Waals surface area contributed by atoms with Crippen LogP contribution in [0.25, 0.3) is 83.2 Å². The van der Waals surface area contributed by atoms with Crippen molar-refractivity contribution in [3.05, 3.63) is 120 Å². The molecule has 34 nitrogen and oxygen atoms in total. The van der Waals surface area contributed by atoms with Crippen LogP contribution >= 0.6 is 45.3 Å². The monoisotopic (exact) mass is 2170 g/mol. The maximum atomic E-state index is 13.0. The summed E-state index contributed by atoms with van der Waals surface area (Å²) in [5, 5.41) is 38.7. The van der Waals surface area contributed by atoms with Gasteiger partial charge in [-0.25, -0.2) is 52.6 Å². The van der Waals surface area contributed by atoms with E-state index in [1.807, 2.05) is 125 Å². The Labute approximate surface area is 859 Å². The van der Waals surface area contributed by atoms with Crippen molar-refractivity contribution in [1.82, 2.24) is 69.4 Å². The molecule has 4 aliphatic carbocycles. The third kappa shape index (κ3) is 25.6. The zero-order valence-electron chi connectivity index (χ0n) is 83.1. The molecule has 12 aromatic rings. The third-order valence-corrected chi connectivity index (χ3v) is 31.6. The van der Waals surface area contributed by atoms with Crippen LogP contribution in [0.5, 0.6) is 0 Å². The Morgan fingerprint density at radius 2 is 0.649 bits per heavy atom. The Morgan fingerprint density at radius 1 is 0.385 bits per heavy atom. The number of hydrogen-bond donors (Lipinski definition) is 10. The van der Waals surface area contributed by atoms with E-state index >= 15 is 0 Å². The normalized spacial score (nSPS) is 25.1. The van der Waals surface area contributed by atoms with Crippen LogP contribution < -0.4 is 47.9 Å². The van der Waals surface area contributed by atoms with E-state index in [1.165, 1.54) is 55.9 Å². The molecule has 2 unspecified atom stereocenters. The van der Waals surface area contributed by atoms with Gasteiger partial charge in [0.25, 0.3) is 0 Å². The van der Waals surface area contributed by atoms with Crippen LogP contribution in [-0.4, -0.2) is 270 Å².